The van der Waals surface area contributed by atoms with Crippen LogP contribution in [0.3, 0.4) is 0 Å². The van der Waals surface area contributed by atoms with E-state index in [2.05, 4.69) is 6.92 Å². The van der Waals surface area contributed by atoms with Gasteiger partial charge in [-0.15, -0.1) is 0 Å². The molecule has 22 heavy (non-hydrogen) atoms. The van der Waals surface area contributed by atoms with Crippen LogP contribution in [0.25, 0.3) is 0 Å². The molecule has 0 bridgehead atoms. The second-order valence-corrected chi connectivity index (χ2v) is 5.90. The van der Waals surface area contributed by atoms with Crippen molar-refractivity contribution in [1.29, 1.82) is 0 Å². The van der Waals surface area contributed by atoms with E-state index < -0.39 is 6.04 Å². The van der Waals surface area contributed by atoms with Crippen molar-refractivity contribution in [1.82, 2.24) is 4.90 Å². The van der Waals surface area contributed by atoms with Crippen LogP contribution in [0.2, 0.25) is 0 Å². The van der Waals surface area contributed by atoms with Crippen molar-refractivity contribution in [2.24, 2.45) is 11.7 Å². The Morgan fingerprint density at radius 2 is 1.86 bits per heavy atom. The fraction of sp³-hybridized carbons (Fsp3) is 0.588. The largest absolute Gasteiger partial charge is 0.493 e. The summed E-state index contributed by atoms with van der Waals surface area (Å²) in [6.07, 6.45) is 1.72. The Morgan fingerprint density at radius 1 is 1.27 bits per heavy atom. The first-order chi connectivity index (χ1) is 10.5. The molecule has 1 aromatic carbocycles. The summed E-state index contributed by atoms with van der Waals surface area (Å²) in [6.45, 7) is 5.36. The smallest absolute Gasteiger partial charge is 0.240 e. The van der Waals surface area contributed by atoms with Gasteiger partial charge >= 0.3 is 0 Å². The number of hydrogen-bond donors (Lipinski definition) is 1. The van der Waals surface area contributed by atoms with Crippen LogP contribution in [-0.4, -0.2) is 37.6 Å². The van der Waals surface area contributed by atoms with Gasteiger partial charge in [0.25, 0.3) is 0 Å². The summed E-state index contributed by atoms with van der Waals surface area (Å²) in [5.41, 5.74) is 8.40. The Balaban J connectivity index is 2.19. The van der Waals surface area contributed by atoms with Crippen molar-refractivity contribution in [3.8, 4) is 11.5 Å². The Bertz CT molecular complexity index is 545. The summed E-state index contributed by atoms with van der Waals surface area (Å²) >= 11 is 0. The van der Waals surface area contributed by atoms with Gasteiger partial charge < -0.3 is 20.1 Å². The van der Waals surface area contributed by atoms with E-state index in [4.69, 9.17) is 15.2 Å². The molecular weight excluding hydrogens is 280 g/mol. The molecule has 2 N–H and O–H groups in total. The van der Waals surface area contributed by atoms with Crippen LogP contribution in [0.1, 0.15) is 31.4 Å². The first kappa shape index (κ1) is 16.6. The highest BCUT2D eigenvalue weighted by Crippen LogP contribution is 2.33. The number of nitrogens with two attached hydrogens (primary N) is 1. The number of benzene rings is 1. The maximum atomic E-state index is 12.5. The zero-order valence-corrected chi connectivity index (χ0v) is 13.9. The number of amides is 1. The summed E-state index contributed by atoms with van der Waals surface area (Å²) in [7, 11) is 3.25. The summed E-state index contributed by atoms with van der Waals surface area (Å²) in [5.74, 6) is 1.66. The third-order valence-electron chi connectivity index (χ3n) is 4.57. The highest BCUT2D eigenvalue weighted by atomic mass is 16.5. The molecule has 1 heterocycles. The molecule has 5 nitrogen and oxygen atoms in total. The molecule has 2 unspecified atom stereocenters. The van der Waals surface area contributed by atoms with Crippen LogP contribution in [0, 0.1) is 5.92 Å². The Kier molecular flexibility index (Phi) is 5.29. The van der Waals surface area contributed by atoms with Gasteiger partial charge in [0.05, 0.1) is 20.3 Å². The van der Waals surface area contributed by atoms with Crippen LogP contribution < -0.4 is 15.2 Å². The fourth-order valence-corrected chi connectivity index (χ4v) is 2.78. The lowest BCUT2D eigenvalue weighted by atomic mass is 9.95. The summed E-state index contributed by atoms with van der Waals surface area (Å²) in [6, 6.07) is 3.54. The number of methoxy groups -OCH3 is 2. The number of fused-ring (bicyclic) bond motifs is 1. The maximum absolute atomic E-state index is 12.5. The predicted molar refractivity (Wildman–Crippen MR) is 86.1 cm³/mol. The molecule has 2 atom stereocenters. The molecule has 0 aromatic heterocycles. The lowest BCUT2D eigenvalue weighted by molar-refractivity contribution is -0.134. The van der Waals surface area contributed by atoms with Gasteiger partial charge in [0.15, 0.2) is 11.5 Å². The lowest BCUT2D eigenvalue weighted by Gasteiger charge is -2.32. The average Bonchev–Trinajstić information content (AvgIpc) is 2.57. The minimum atomic E-state index is -0.424. The van der Waals surface area contributed by atoms with Gasteiger partial charge in [0, 0.05) is 13.1 Å². The van der Waals surface area contributed by atoms with E-state index in [-0.39, 0.29) is 11.8 Å². The zero-order chi connectivity index (χ0) is 16.3. The van der Waals surface area contributed by atoms with E-state index in [0.717, 1.165) is 24.2 Å². The molecule has 1 aliphatic heterocycles. The highest BCUT2D eigenvalue weighted by molar-refractivity contribution is 5.82. The molecule has 1 aromatic rings. The highest BCUT2D eigenvalue weighted by Gasteiger charge is 2.28. The molecule has 0 saturated heterocycles. The summed E-state index contributed by atoms with van der Waals surface area (Å²) < 4.78 is 10.7. The standard InChI is InChI=1S/C17H26N2O3/c1-5-11(2)16(18)17(20)19-7-6-12-8-14(21-3)15(22-4)9-13(12)10-19/h8-9,11,16H,5-7,10,18H2,1-4H3. The fourth-order valence-electron chi connectivity index (χ4n) is 2.78. The number of carbonyl (C=O) groups excluding carboxylic acids is 1. The van der Waals surface area contributed by atoms with E-state index in [1.165, 1.54) is 5.56 Å². The van der Waals surface area contributed by atoms with E-state index >= 15 is 0 Å². The summed E-state index contributed by atoms with van der Waals surface area (Å²) in [5, 5.41) is 0. The van der Waals surface area contributed by atoms with Crippen molar-refractivity contribution in [3.05, 3.63) is 23.3 Å². The molecule has 122 valence electrons. The molecule has 0 saturated carbocycles. The molecule has 0 aliphatic carbocycles. The summed E-state index contributed by atoms with van der Waals surface area (Å²) in [4.78, 5) is 14.4. The molecule has 5 heteroatoms. The minimum Gasteiger partial charge on any atom is -0.493 e. The minimum absolute atomic E-state index is 0.0368. The van der Waals surface area contributed by atoms with Gasteiger partial charge in [-0.2, -0.15) is 0 Å². The van der Waals surface area contributed by atoms with E-state index in [0.29, 0.717) is 18.8 Å². The van der Waals surface area contributed by atoms with Crippen LogP contribution in [0.5, 0.6) is 11.5 Å². The molecule has 1 aliphatic rings. The predicted octanol–water partition coefficient (Wildman–Crippen LogP) is 1.96. The topological polar surface area (TPSA) is 64.8 Å². The second-order valence-electron chi connectivity index (χ2n) is 5.90. The molecule has 1 amide bonds. The third-order valence-corrected chi connectivity index (χ3v) is 4.57. The van der Waals surface area contributed by atoms with Crippen LogP contribution in [0.4, 0.5) is 0 Å². The average molecular weight is 306 g/mol. The van der Waals surface area contributed by atoms with E-state index in [9.17, 15) is 4.79 Å². The van der Waals surface area contributed by atoms with Crippen molar-refractivity contribution in [3.63, 3.8) is 0 Å². The Morgan fingerprint density at radius 3 is 2.41 bits per heavy atom. The van der Waals surface area contributed by atoms with Gasteiger partial charge in [-0.1, -0.05) is 20.3 Å². The zero-order valence-electron chi connectivity index (χ0n) is 13.9. The van der Waals surface area contributed by atoms with Gasteiger partial charge in [-0.3, -0.25) is 4.79 Å². The van der Waals surface area contributed by atoms with Crippen LogP contribution in [0.15, 0.2) is 12.1 Å². The Hall–Kier alpha value is -1.75. The second kappa shape index (κ2) is 7.01. The van der Waals surface area contributed by atoms with Gasteiger partial charge in [0.1, 0.15) is 0 Å². The molecule has 0 fully saturated rings. The van der Waals surface area contributed by atoms with Crippen molar-refractivity contribution in [2.45, 2.75) is 39.3 Å². The van der Waals surface area contributed by atoms with Gasteiger partial charge in [-0.05, 0) is 35.6 Å². The third kappa shape index (κ3) is 3.19. The quantitative estimate of drug-likeness (QED) is 0.903. The number of carbonyl (C=O) groups is 1. The van der Waals surface area contributed by atoms with Gasteiger partial charge in [0.2, 0.25) is 5.91 Å². The molecule has 0 radical (unpaired) electrons. The molecule has 0 spiro atoms. The number of ether oxygens (including phenoxy) is 2. The maximum Gasteiger partial charge on any atom is 0.240 e. The monoisotopic (exact) mass is 306 g/mol. The molecular formula is C17H26N2O3. The van der Waals surface area contributed by atoms with Gasteiger partial charge in [-0.25, -0.2) is 0 Å². The first-order valence-corrected chi connectivity index (χ1v) is 7.79. The first-order valence-electron chi connectivity index (χ1n) is 7.79. The number of rotatable bonds is 5. The van der Waals surface area contributed by atoms with E-state index in [1.807, 2.05) is 24.0 Å². The Labute approximate surface area is 132 Å². The van der Waals surface area contributed by atoms with Crippen LogP contribution in [-0.2, 0) is 17.8 Å². The number of hydrogen-bond acceptors (Lipinski definition) is 4. The van der Waals surface area contributed by atoms with Crippen molar-refractivity contribution in [2.75, 3.05) is 20.8 Å². The normalized spacial score (nSPS) is 16.7. The van der Waals surface area contributed by atoms with Crippen molar-refractivity contribution < 1.29 is 14.3 Å². The molecule has 2 rings (SSSR count). The van der Waals surface area contributed by atoms with Crippen molar-refractivity contribution >= 4 is 5.91 Å². The van der Waals surface area contributed by atoms with Crippen LogP contribution >= 0.6 is 0 Å². The number of nitrogens with zero attached hydrogens (tertiary/aromatic N) is 1. The SMILES string of the molecule is CCC(C)C(N)C(=O)N1CCc2cc(OC)c(OC)cc2C1. The lowest BCUT2D eigenvalue weighted by Crippen LogP contribution is -2.48. The van der Waals surface area contributed by atoms with E-state index in [1.54, 1.807) is 14.2 Å².